The van der Waals surface area contributed by atoms with Crippen LogP contribution in [0.2, 0.25) is 0 Å². The van der Waals surface area contributed by atoms with Gasteiger partial charge in [0.25, 0.3) is 0 Å². The first kappa shape index (κ1) is 29.0. The molecule has 0 fully saturated rings. The van der Waals surface area contributed by atoms with E-state index >= 15 is 0 Å². The minimum atomic E-state index is -0.811. The van der Waals surface area contributed by atoms with Gasteiger partial charge in [-0.05, 0) is 6.42 Å². The summed E-state index contributed by atoms with van der Waals surface area (Å²) in [6.07, 6.45) is 9.72. The average molecular weight is 389 g/mol. The van der Waals surface area contributed by atoms with Crippen LogP contribution in [0.3, 0.4) is 0 Å². The van der Waals surface area contributed by atoms with E-state index in [4.69, 9.17) is 29.2 Å². The fourth-order valence-corrected chi connectivity index (χ4v) is 2.27. The van der Waals surface area contributed by atoms with Crippen molar-refractivity contribution in [3.63, 3.8) is 0 Å². The van der Waals surface area contributed by atoms with Crippen LogP contribution in [0.25, 0.3) is 0 Å². The van der Waals surface area contributed by atoms with Gasteiger partial charge in [0.1, 0.15) is 6.10 Å². The molecule has 0 aromatic heterocycles. The largest absolute Gasteiger partial charge is 1.00 e. The summed E-state index contributed by atoms with van der Waals surface area (Å²) >= 11 is 0. The van der Waals surface area contributed by atoms with Gasteiger partial charge >= 0.3 is 29.6 Å². The van der Waals surface area contributed by atoms with Gasteiger partial charge in [-0.2, -0.15) is 0 Å². The second kappa shape index (κ2) is 25.8. The smallest absolute Gasteiger partial charge is 1.00 e. The van der Waals surface area contributed by atoms with Crippen LogP contribution in [0.15, 0.2) is 0 Å². The zero-order valence-electron chi connectivity index (χ0n) is 18.1. The number of aliphatic hydroxyl groups is 2. The van der Waals surface area contributed by atoms with Gasteiger partial charge in [0.15, 0.2) is 0 Å². The number of unbranched alkanes of at least 4 members (excludes halogenated alkanes) is 7. The zero-order chi connectivity index (χ0) is 18.4. The van der Waals surface area contributed by atoms with Crippen LogP contribution in [0.5, 0.6) is 0 Å². The Morgan fingerprint density at radius 2 is 1.08 bits per heavy atom. The normalized spacial score (nSPS) is 12.1. The topological polar surface area (TPSA) is 77.4 Å². The third-order valence-electron chi connectivity index (χ3n) is 3.78. The van der Waals surface area contributed by atoms with E-state index < -0.39 is 6.10 Å². The van der Waals surface area contributed by atoms with E-state index in [2.05, 4.69) is 6.92 Å². The van der Waals surface area contributed by atoms with E-state index in [1.807, 2.05) is 0 Å². The Morgan fingerprint density at radius 1 is 0.654 bits per heavy atom. The van der Waals surface area contributed by atoms with Crippen molar-refractivity contribution in [3.05, 3.63) is 0 Å². The zero-order valence-corrected chi connectivity index (χ0v) is 19.1. The maximum atomic E-state index is 9.05. The van der Waals surface area contributed by atoms with Gasteiger partial charge in [0.05, 0.1) is 52.9 Å². The van der Waals surface area contributed by atoms with Crippen LogP contribution in [-0.4, -0.2) is 75.8 Å². The fraction of sp³-hybridized carbons (Fsp3) is 1.00. The minimum Gasteiger partial charge on any atom is -1.00 e. The van der Waals surface area contributed by atoms with Crippen molar-refractivity contribution in [3.8, 4) is 0 Å². The predicted octanol–water partition coefficient (Wildman–Crippen LogP) is -0.337. The Morgan fingerprint density at radius 3 is 1.58 bits per heavy atom. The summed E-state index contributed by atoms with van der Waals surface area (Å²) in [5.74, 6) is 0. The van der Waals surface area contributed by atoms with Gasteiger partial charge in [-0.25, -0.2) is 0 Å². The molecule has 1 unspecified atom stereocenters. The van der Waals surface area contributed by atoms with Gasteiger partial charge in [-0.1, -0.05) is 51.9 Å². The quantitative estimate of drug-likeness (QED) is 0.207. The third-order valence-corrected chi connectivity index (χ3v) is 3.78. The second-order valence-electron chi connectivity index (χ2n) is 6.22. The van der Waals surface area contributed by atoms with E-state index in [1.54, 1.807) is 0 Å². The van der Waals surface area contributed by atoms with Crippen LogP contribution >= 0.6 is 0 Å². The molecule has 0 aromatic carbocycles. The van der Waals surface area contributed by atoms with Crippen molar-refractivity contribution in [1.82, 2.24) is 0 Å². The first-order chi connectivity index (χ1) is 12.3. The van der Waals surface area contributed by atoms with Crippen molar-refractivity contribution in [2.75, 3.05) is 59.5 Å². The monoisotopic (exact) mass is 388 g/mol. The molecule has 0 radical (unpaired) electrons. The summed E-state index contributed by atoms with van der Waals surface area (Å²) in [5.41, 5.74) is 0. The van der Waals surface area contributed by atoms with E-state index in [0.717, 1.165) is 13.0 Å². The summed E-state index contributed by atoms with van der Waals surface area (Å²) in [6.45, 7) is 6.07. The van der Waals surface area contributed by atoms with Crippen LogP contribution < -0.4 is 29.6 Å². The molecule has 7 heteroatoms. The molecule has 0 aliphatic carbocycles. The number of rotatable bonds is 21. The first-order valence-electron chi connectivity index (χ1n) is 9.91. The Hall–Kier alpha value is 0.760. The second-order valence-corrected chi connectivity index (χ2v) is 6.22. The van der Waals surface area contributed by atoms with Gasteiger partial charge in [-0.3, -0.25) is 0 Å². The molecule has 154 valence electrons. The summed E-state index contributed by atoms with van der Waals surface area (Å²) < 4.78 is 21.4. The Kier molecular flexibility index (Phi) is 28.7. The molecule has 0 bridgehead atoms. The van der Waals surface area contributed by atoms with Crippen molar-refractivity contribution < 1.29 is 60.1 Å². The molecule has 6 nitrogen and oxygen atoms in total. The van der Waals surface area contributed by atoms with Gasteiger partial charge < -0.3 is 30.6 Å². The van der Waals surface area contributed by atoms with E-state index in [0.29, 0.717) is 39.6 Å². The first-order valence-corrected chi connectivity index (χ1v) is 9.91. The van der Waals surface area contributed by atoms with E-state index in [-0.39, 0.29) is 44.2 Å². The number of aliphatic hydroxyl groups excluding tert-OH is 2. The van der Waals surface area contributed by atoms with Gasteiger partial charge in [-0.15, -0.1) is 0 Å². The molecule has 0 spiro atoms. The Balaban J connectivity index is -0.00000288. The SMILES string of the molecule is CCCCCCCCCCOCCOCCOCCOCC(O)CO.[H-].[Na+]. The molecule has 0 amide bonds. The van der Waals surface area contributed by atoms with E-state index in [1.165, 1.54) is 44.9 Å². The molecule has 0 saturated carbocycles. The van der Waals surface area contributed by atoms with Gasteiger partial charge in [0, 0.05) is 6.61 Å². The van der Waals surface area contributed by atoms with Crippen LogP contribution in [-0.2, 0) is 18.9 Å². The summed E-state index contributed by atoms with van der Waals surface area (Å²) in [4.78, 5) is 0. The molecule has 0 aliphatic rings. The molecular formula is C19H41NaO6. The molecule has 1 atom stereocenters. The maximum absolute atomic E-state index is 9.05. The number of ether oxygens (including phenoxy) is 4. The van der Waals surface area contributed by atoms with Crippen molar-refractivity contribution >= 4 is 0 Å². The van der Waals surface area contributed by atoms with Gasteiger partial charge in [0.2, 0.25) is 0 Å². The summed E-state index contributed by atoms with van der Waals surface area (Å²) in [6, 6.07) is 0. The Labute approximate surface area is 183 Å². The number of hydrogen-bond donors (Lipinski definition) is 2. The molecule has 0 heterocycles. The molecule has 0 aromatic rings. The third kappa shape index (κ3) is 24.8. The van der Waals surface area contributed by atoms with Crippen LogP contribution in [0.1, 0.15) is 59.7 Å². The molecule has 0 saturated heterocycles. The van der Waals surface area contributed by atoms with Crippen LogP contribution in [0.4, 0.5) is 0 Å². The standard InChI is InChI=1S/C19H40O6.Na.H/c1-2-3-4-5-6-7-8-9-10-22-11-12-23-13-14-24-15-16-25-18-19(21)17-20;;/h19-21H,2-18H2,1H3;;/q;+1;-1. The fourth-order valence-electron chi connectivity index (χ4n) is 2.27. The molecular weight excluding hydrogens is 347 g/mol. The molecule has 0 aliphatic heterocycles. The van der Waals surface area contributed by atoms with Crippen molar-refractivity contribution in [2.45, 2.75) is 64.4 Å². The van der Waals surface area contributed by atoms with Crippen molar-refractivity contribution in [1.29, 1.82) is 0 Å². The summed E-state index contributed by atoms with van der Waals surface area (Å²) in [7, 11) is 0. The molecule has 0 rings (SSSR count). The average Bonchev–Trinajstić information content (AvgIpc) is 2.63. The predicted molar refractivity (Wildman–Crippen MR) is 100 cm³/mol. The minimum absolute atomic E-state index is 0. The van der Waals surface area contributed by atoms with Crippen LogP contribution in [0, 0.1) is 0 Å². The number of hydrogen-bond acceptors (Lipinski definition) is 6. The molecule has 2 N–H and O–H groups in total. The van der Waals surface area contributed by atoms with E-state index in [9.17, 15) is 0 Å². The maximum Gasteiger partial charge on any atom is 1.00 e. The Bertz CT molecular complexity index is 252. The molecule has 26 heavy (non-hydrogen) atoms. The van der Waals surface area contributed by atoms with Crippen molar-refractivity contribution in [2.24, 2.45) is 0 Å². The summed E-state index contributed by atoms with van der Waals surface area (Å²) in [5, 5.41) is 17.7.